The van der Waals surface area contributed by atoms with Crippen molar-refractivity contribution in [3.8, 4) is 5.75 Å². The van der Waals surface area contributed by atoms with E-state index in [0.29, 0.717) is 18.7 Å². The van der Waals surface area contributed by atoms with Crippen LogP contribution in [0.2, 0.25) is 0 Å². The minimum Gasteiger partial charge on any atom is -0.497 e. The van der Waals surface area contributed by atoms with Crippen LogP contribution < -0.4 is 10.1 Å². The van der Waals surface area contributed by atoms with E-state index in [1.54, 1.807) is 19.1 Å². The highest BCUT2D eigenvalue weighted by atomic mass is 16.5. The Balaban J connectivity index is 2.00. The average Bonchev–Trinajstić information content (AvgIpc) is 2.61. The van der Waals surface area contributed by atoms with Crippen LogP contribution in [0.3, 0.4) is 0 Å². The molecule has 0 spiro atoms. The van der Waals surface area contributed by atoms with E-state index < -0.39 is 0 Å². The molecule has 1 atom stereocenters. The van der Waals surface area contributed by atoms with Gasteiger partial charge in [0.25, 0.3) is 5.91 Å². The highest BCUT2D eigenvalue weighted by Crippen LogP contribution is 2.33. The van der Waals surface area contributed by atoms with Crippen LogP contribution in [0.5, 0.6) is 5.75 Å². The number of anilines is 1. The zero-order chi connectivity index (χ0) is 16.2. The molecule has 23 heavy (non-hydrogen) atoms. The van der Waals surface area contributed by atoms with E-state index in [-0.39, 0.29) is 12.1 Å². The minimum atomic E-state index is -0.248. The van der Waals surface area contributed by atoms with Gasteiger partial charge in [0.15, 0.2) is 0 Å². The SMILES string of the molecule is COCCN1C(=O)c2ccccc2N[C@@H]1c1cccc(OC)c1. The smallest absolute Gasteiger partial charge is 0.257 e. The van der Waals surface area contributed by atoms with Crippen LogP contribution in [0.15, 0.2) is 48.5 Å². The van der Waals surface area contributed by atoms with Gasteiger partial charge in [0.05, 0.1) is 19.3 Å². The monoisotopic (exact) mass is 312 g/mol. The first-order valence-electron chi connectivity index (χ1n) is 7.54. The van der Waals surface area contributed by atoms with Gasteiger partial charge in [0, 0.05) is 19.3 Å². The van der Waals surface area contributed by atoms with Gasteiger partial charge in [-0.1, -0.05) is 24.3 Å². The maximum Gasteiger partial charge on any atom is 0.257 e. The van der Waals surface area contributed by atoms with Crippen molar-refractivity contribution in [2.45, 2.75) is 6.17 Å². The predicted molar refractivity (Wildman–Crippen MR) is 88.7 cm³/mol. The number of nitrogens with one attached hydrogen (secondary N) is 1. The van der Waals surface area contributed by atoms with Crippen LogP contribution >= 0.6 is 0 Å². The zero-order valence-electron chi connectivity index (χ0n) is 13.3. The molecule has 5 heteroatoms. The number of methoxy groups -OCH3 is 2. The van der Waals surface area contributed by atoms with Crippen LogP contribution in [0.1, 0.15) is 22.1 Å². The van der Waals surface area contributed by atoms with Crippen molar-refractivity contribution in [3.05, 3.63) is 59.7 Å². The lowest BCUT2D eigenvalue weighted by Gasteiger charge is -2.38. The van der Waals surface area contributed by atoms with E-state index in [1.165, 1.54) is 0 Å². The first-order chi connectivity index (χ1) is 11.2. The van der Waals surface area contributed by atoms with Crippen LogP contribution in [0, 0.1) is 0 Å². The molecule has 3 rings (SSSR count). The highest BCUT2D eigenvalue weighted by molar-refractivity contribution is 6.01. The van der Waals surface area contributed by atoms with Gasteiger partial charge >= 0.3 is 0 Å². The van der Waals surface area contributed by atoms with Crippen molar-refractivity contribution in [2.75, 3.05) is 32.7 Å². The molecule has 1 amide bonds. The number of hydrogen-bond acceptors (Lipinski definition) is 4. The van der Waals surface area contributed by atoms with Gasteiger partial charge in [-0.05, 0) is 29.8 Å². The summed E-state index contributed by atoms with van der Waals surface area (Å²) in [5.41, 5.74) is 2.50. The Kier molecular flexibility index (Phi) is 4.48. The van der Waals surface area contributed by atoms with Crippen LogP contribution in [0.4, 0.5) is 5.69 Å². The largest absolute Gasteiger partial charge is 0.497 e. The summed E-state index contributed by atoms with van der Waals surface area (Å²) < 4.78 is 10.5. The van der Waals surface area contributed by atoms with Gasteiger partial charge in [0.2, 0.25) is 0 Å². The fraction of sp³-hybridized carbons (Fsp3) is 0.278. The molecule has 5 nitrogen and oxygen atoms in total. The second-order valence-corrected chi connectivity index (χ2v) is 5.36. The zero-order valence-corrected chi connectivity index (χ0v) is 13.3. The van der Waals surface area contributed by atoms with Crippen LogP contribution in [-0.2, 0) is 4.74 Å². The lowest BCUT2D eigenvalue weighted by molar-refractivity contribution is 0.0609. The molecule has 1 N–H and O–H groups in total. The molecule has 0 bridgehead atoms. The summed E-state index contributed by atoms with van der Waals surface area (Å²) in [6, 6.07) is 15.3. The van der Waals surface area contributed by atoms with Gasteiger partial charge in [-0.3, -0.25) is 4.79 Å². The number of para-hydroxylation sites is 1. The maximum absolute atomic E-state index is 12.9. The van der Waals surface area contributed by atoms with Gasteiger partial charge in [-0.15, -0.1) is 0 Å². The number of benzene rings is 2. The Morgan fingerprint density at radius 1 is 1.13 bits per heavy atom. The molecule has 0 aliphatic carbocycles. The molecule has 0 radical (unpaired) electrons. The van der Waals surface area contributed by atoms with Crippen molar-refractivity contribution >= 4 is 11.6 Å². The molecule has 1 heterocycles. The van der Waals surface area contributed by atoms with Crippen molar-refractivity contribution in [2.24, 2.45) is 0 Å². The molecule has 2 aromatic carbocycles. The second-order valence-electron chi connectivity index (χ2n) is 5.36. The first-order valence-corrected chi connectivity index (χ1v) is 7.54. The number of hydrogen-bond donors (Lipinski definition) is 1. The van der Waals surface area contributed by atoms with Crippen molar-refractivity contribution in [1.29, 1.82) is 0 Å². The standard InChI is InChI=1S/C18H20N2O3/c1-22-11-10-20-17(13-6-5-7-14(12-13)23-2)19-16-9-4-3-8-15(16)18(20)21/h3-9,12,17,19H,10-11H2,1-2H3/t17-/m0/s1. The number of fused-ring (bicyclic) bond motifs is 1. The molecule has 0 unspecified atom stereocenters. The predicted octanol–water partition coefficient (Wildman–Crippen LogP) is 2.91. The third kappa shape index (κ3) is 3.00. The molecule has 1 aliphatic rings. The minimum absolute atomic E-state index is 0.00391. The van der Waals surface area contributed by atoms with E-state index in [0.717, 1.165) is 17.0 Å². The fourth-order valence-electron chi connectivity index (χ4n) is 2.79. The lowest BCUT2D eigenvalue weighted by Crippen LogP contribution is -2.44. The first kappa shape index (κ1) is 15.4. The van der Waals surface area contributed by atoms with Gasteiger partial charge in [-0.25, -0.2) is 0 Å². The van der Waals surface area contributed by atoms with Crippen molar-refractivity contribution < 1.29 is 14.3 Å². The molecule has 0 fully saturated rings. The normalized spacial score (nSPS) is 16.7. The van der Waals surface area contributed by atoms with E-state index in [2.05, 4.69) is 5.32 Å². The Hall–Kier alpha value is -2.53. The van der Waals surface area contributed by atoms with Crippen LogP contribution in [0.25, 0.3) is 0 Å². The van der Waals surface area contributed by atoms with Crippen LogP contribution in [-0.4, -0.2) is 38.2 Å². The second kappa shape index (κ2) is 6.71. The third-order valence-electron chi connectivity index (χ3n) is 3.97. The van der Waals surface area contributed by atoms with Gasteiger partial charge in [0.1, 0.15) is 11.9 Å². The molecular formula is C18H20N2O3. The van der Waals surface area contributed by atoms with Crippen molar-refractivity contribution in [3.63, 3.8) is 0 Å². The maximum atomic E-state index is 12.9. The topological polar surface area (TPSA) is 50.8 Å². The summed E-state index contributed by atoms with van der Waals surface area (Å²) in [6.07, 6.45) is -0.248. The molecular weight excluding hydrogens is 292 g/mol. The summed E-state index contributed by atoms with van der Waals surface area (Å²) in [7, 11) is 3.27. The van der Waals surface area contributed by atoms with Gasteiger partial charge < -0.3 is 19.7 Å². The summed E-state index contributed by atoms with van der Waals surface area (Å²) in [4.78, 5) is 14.7. The Morgan fingerprint density at radius 3 is 2.74 bits per heavy atom. The molecule has 0 saturated carbocycles. The number of carbonyl (C=O) groups is 1. The van der Waals surface area contributed by atoms with E-state index in [1.807, 2.05) is 48.5 Å². The molecule has 1 aliphatic heterocycles. The van der Waals surface area contributed by atoms with Gasteiger partial charge in [-0.2, -0.15) is 0 Å². The number of rotatable bonds is 5. The third-order valence-corrected chi connectivity index (χ3v) is 3.97. The molecule has 120 valence electrons. The lowest BCUT2D eigenvalue weighted by atomic mass is 10.0. The Morgan fingerprint density at radius 2 is 1.96 bits per heavy atom. The summed E-state index contributed by atoms with van der Waals surface area (Å²) in [5.74, 6) is 0.770. The quantitative estimate of drug-likeness (QED) is 0.922. The molecule has 0 saturated heterocycles. The highest BCUT2D eigenvalue weighted by Gasteiger charge is 2.32. The Bertz CT molecular complexity index is 702. The fourth-order valence-corrected chi connectivity index (χ4v) is 2.79. The molecule has 2 aromatic rings. The van der Waals surface area contributed by atoms with E-state index in [4.69, 9.17) is 9.47 Å². The van der Waals surface area contributed by atoms with Crippen molar-refractivity contribution in [1.82, 2.24) is 4.90 Å². The number of carbonyl (C=O) groups excluding carboxylic acids is 1. The summed E-state index contributed by atoms with van der Waals surface area (Å²) >= 11 is 0. The number of nitrogens with zero attached hydrogens (tertiary/aromatic N) is 1. The average molecular weight is 312 g/mol. The number of amides is 1. The van der Waals surface area contributed by atoms with E-state index in [9.17, 15) is 4.79 Å². The molecule has 0 aromatic heterocycles. The van der Waals surface area contributed by atoms with E-state index >= 15 is 0 Å². The summed E-state index contributed by atoms with van der Waals surface area (Å²) in [6.45, 7) is 0.995. The Labute approximate surface area is 135 Å². The summed E-state index contributed by atoms with van der Waals surface area (Å²) in [5, 5.41) is 3.45. The number of ether oxygens (including phenoxy) is 2.